The van der Waals surface area contributed by atoms with E-state index in [4.69, 9.17) is 0 Å². The molecule has 0 aromatic carbocycles. The SMILES string of the molecule is CC1CCC(C)N(C(=O)C2CCNC2)C1.Cl. The maximum atomic E-state index is 12.2. The van der Waals surface area contributed by atoms with Crippen molar-refractivity contribution in [2.24, 2.45) is 11.8 Å². The monoisotopic (exact) mass is 246 g/mol. The molecule has 2 heterocycles. The van der Waals surface area contributed by atoms with Gasteiger partial charge in [0.2, 0.25) is 5.91 Å². The maximum absolute atomic E-state index is 12.2. The molecular weight excluding hydrogens is 224 g/mol. The van der Waals surface area contributed by atoms with Gasteiger partial charge >= 0.3 is 0 Å². The number of halogens is 1. The third-order valence-electron chi connectivity index (χ3n) is 3.81. The van der Waals surface area contributed by atoms with Crippen LogP contribution in [0.5, 0.6) is 0 Å². The predicted molar refractivity (Wildman–Crippen MR) is 67.8 cm³/mol. The normalized spacial score (nSPS) is 34.6. The van der Waals surface area contributed by atoms with Crippen LogP contribution in [0.15, 0.2) is 0 Å². The highest BCUT2D eigenvalue weighted by Crippen LogP contribution is 2.24. The first-order valence-electron chi connectivity index (χ1n) is 6.19. The lowest BCUT2D eigenvalue weighted by Crippen LogP contribution is -2.47. The van der Waals surface area contributed by atoms with E-state index in [-0.39, 0.29) is 18.3 Å². The number of nitrogens with one attached hydrogen (secondary N) is 1. The van der Waals surface area contributed by atoms with Crippen molar-refractivity contribution in [2.45, 2.75) is 39.2 Å². The Balaban J connectivity index is 0.00000128. The molecule has 2 aliphatic heterocycles. The Morgan fingerprint density at radius 2 is 2.00 bits per heavy atom. The zero-order chi connectivity index (χ0) is 10.8. The van der Waals surface area contributed by atoms with Gasteiger partial charge in [0.05, 0.1) is 5.92 Å². The van der Waals surface area contributed by atoms with E-state index in [0.717, 1.165) is 26.1 Å². The number of rotatable bonds is 1. The average molecular weight is 247 g/mol. The summed E-state index contributed by atoms with van der Waals surface area (Å²) in [6, 6.07) is 0.453. The molecule has 0 radical (unpaired) electrons. The summed E-state index contributed by atoms with van der Waals surface area (Å²) in [6.45, 7) is 7.30. The molecule has 0 aromatic heterocycles. The van der Waals surface area contributed by atoms with Gasteiger partial charge in [-0.2, -0.15) is 0 Å². The number of likely N-dealkylation sites (tertiary alicyclic amines) is 1. The Morgan fingerprint density at radius 3 is 2.62 bits per heavy atom. The molecule has 3 unspecified atom stereocenters. The second-order valence-corrected chi connectivity index (χ2v) is 5.21. The summed E-state index contributed by atoms with van der Waals surface area (Å²) in [5.41, 5.74) is 0. The van der Waals surface area contributed by atoms with Gasteiger partial charge < -0.3 is 10.2 Å². The number of nitrogens with zero attached hydrogens (tertiary/aromatic N) is 1. The van der Waals surface area contributed by atoms with E-state index in [1.54, 1.807) is 0 Å². The molecule has 16 heavy (non-hydrogen) atoms. The van der Waals surface area contributed by atoms with Gasteiger partial charge in [0.1, 0.15) is 0 Å². The predicted octanol–water partition coefficient (Wildman–Crippen LogP) is 1.66. The standard InChI is InChI=1S/C12H22N2O.ClH/c1-9-3-4-10(2)14(8-9)12(15)11-5-6-13-7-11;/h9-11,13H,3-8H2,1-2H3;1H. The second-order valence-electron chi connectivity index (χ2n) is 5.21. The molecule has 4 heteroatoms. The van der Waals surface area contributed by atoms with Gasteiger partial charge in [0.15, 0.2) is 0 Å². The number of piperidine rings is 1. The largest absolute Gasteiger partial charge is 0.339 e. The summed E-state index contributed by atoms with van der Waals surface area (Å²) in [5.74, 6) is 1.32. The van der Waals surface area contributed by atoms with Crippen LogP contribution in [0.1, 0.15) is 33.1 Å². The molecule has 0 aromatic rings. The lowest BCUT2D eigenvalue weighted by molar-refractivity contribution is -0.139. The zero-order valence-electron chi connectivity index (χ0n) is 10.2. The van der Waals surface area contributed by atoms with Crippen molar-refractivity contribution in [2.75, 3.05) is 19.6 Å². The third kappa shape index (κ3) is 2.89. The van der Waals surface area contributed by atoms with Crippen LogP contribution >= 0.6 is 12.4 Å². The van der Waals surface area contributed by atoms with Gasteiger partial charge in [0.25, 0.3) is 0 Å². The smallest absolute Gasteiger partial charge is 0.227 e. The van der Waals surface area contributed by atoms with E-state index in [1.807, 2.05) is 0 Å². The van der Waals surface area contributed by atoms with Crippen LogP contribution in [0.4, 0.5) is 0 Å². The summed E-state index contributed by atoms with van der Waals surface area (Å²) in [6.07, 6.45) is 3.47. The van der Waals surface area contributed by atoms with E-state index in [9.17, 15) is 4.79 Å². The first-order chi connectivity index (χ1) is 7.18. The van der Waals surface area contributed by atoms with Crippen LogP contribution in [-0.2, 0) is 4.79 Å². The van der Waals surface area contributed by atoms with Gasteiger partial charge in [-0.05, 0) is 38.6 Å². The van der Waals surface area contributed by atoms with Gasteiger partial charge in [-0.3, -0.25) is 4.79 Å². The first kappa shape index (κ1) is 13.8. The summed E-state index contributed by atoms with van der Waals surface area (Å²) < 4.78 is 0. The molecule has 0 bridgehead atoms. The van der Waals surface area contributed by atoms with Crippen molar-refractivity contribution >= 4 is 18.3 Å². The molecule has 2 fully saturated rings. The lowest BCUT2D eigenvalue weighted by atomic mass is 9.93. The molecule has 2 aliphatic rings. The fourth-order valence-electron chi connectivity index (χ4n) is 2.70. The fourth-order valence-corrected chi connectivity index (χ4v) is 2.70. The number of carbonyl (C=O) groups excluding carboxylic acids is 1. The van der Waals surface area contributed by atoms with Crippen molar-refractivity contribution < 1.29 is 4.79 Å². The molecule has 0 saturated carbocycles. The number of hydrogen-bond donors (Lipinski definition) is 1. The van der Waals surface area contributed by atoms with Crippen molar-refractivity contribution in [3.8, 4) is 0 Å². The van der Waals surface area contributed by atoms with E-state index in [0.29, 0.717) is 17.9 Å². The van der Waals surface area contributed by atoms with E-state index in [1.165, 1.54) is 12.8 Å². The minimum Gasteiger partial charge on any atom is -0.339 e. The van der Waals surface area contributed by atoms with Crippen LogP contribution in [0.2, 0.25) is 0 Å². The van der Waals surface area contributed by atoms with Crippen LogP contribution in [0.3, 0.4) is 0 Å². The Kier molecular flexibility index (Phi) is 5.06. The quantitative estimate of drug-likeness (QED) is 0.763. The van der Waals surface area contributed by atoms with Crippen molar-refractivity contribution in [3.05, 3.63) is 0 Å². The Morgan fingerprint density at radius 1 is 1.25 bits per heavy atom. The molecule has 2 rings (SSSR count). The number of carbonyl (C=O) groups is 1. The Bertz CT molecular complexity index is 241. The van der Waals surface area contributed by atoms with E-state index < -0.39 is 0 Å². The van der Waals surface area contributed by atoms with E-state index in [2.05, 4.69) is 24.1 Å². The lowest BCUT2D eigenvalue weighted by Gasteiger charge is -2.38. The molecule has 3 nitrogen and oxygen atoms in total. The zero-order valence-corrected chi connectivity index (χ0v) is 11.1. The van der Waals surface area contributed by atoms with Crippen LogP contribution in [-0.4, -0.2) is 36.5 Å². The third-order valence-corrected chi connectivity index (χ3v) is 3.81. The van der Waals surface area contributed by atoms with Crippen LogP contribution < -0.4 is 5.32 Å². The van der Waals surface area contributed by atoms with Crippen molar-refractivity contribution in [1.82, 2.24) is 10.2 Å². The highest BCUT2D eigenvalue weighted by molar-refractivity contribution is 5.85. The van der Waals surface area contributed by atoms with E-state index >= 15 is 0 Å². The molecule has 3 atom stereocenters. The van der Waals surface area contributed by atoms with Crippen LogP contribution in [0.25, 0.3) is 0 Å². The Hall–Kier alpha value is -0.280. The highest BCUT2D eigenvalue weighted by Gasteiger charge is 2.32. The molecule has 2 saturated heterocycles. The maximum Gasteiger partial charge on any atom is 0.227 e. The van der Waals surface area contributed by atoms with Gasteiger partial charge in [-0.25, -0.2) is 0 Å². The van der Waals surface area contributed by atoms with Gasteiger partial charge in [-0.1, -0.05) is 6.92 Å². The minimum absolute atomic E-state index is 0. The molecular formula is C12H23ClN2O. The molecule has 94 valence electrons. The molecule has 0 aliphatic carbocycles. The summed E-state index contributed by atoms with van der Waals surface area (Å²) in [4.78, 5) is 14.4. The molecule has 0 spiro atoms. The second kappa shape index (κ2) is 5.87. The number of amides is 1. The molecule has 1 N–H and O–H groups in total. The topological polar surface area (TPSA) is 32.3 Å². The van der Waals surface area contributed by atoms with Gasteiger partial charge in [0, 0.05) is 19.1 Å². The first-order valence-corrected chi connectivity index (χ1v) is 6.19. The average Bonchev–Trinajstić information content (AvgIpc) is 2.74. The minimum atomic E-state index is 0. The Labute approximate surface area is 104 Å². The summed E-state index contributed by atoms with van der Waals surface area (Å²) in [7, 11) is 0. The van der Waals surface area contributed by atoms with Crippen LogP contribution in [0, 0.1) is 11.8 Å². The van der Waals surface area contributed by atoms with Crippen molar-refractivity contribution in [1.29, 1.82) is 0 Å². The van der Waals surface area contributed by atoms with Gasteiger partial charge in [-0.15, -0.1) is 12.4 Å². The number of hydrogen-bond acceptors (Lipinski definition) is 2. The fraction of sp³-hybridized carbons (Fsp3) is 0.917. The summed E-state index contributed by atoms with van der Waals surface area (Å²) >= 11 is 0. The van der Waals surface area contributed by atoms with Crippen molar-refractivity contribution in [3.63, 3.8) is 0 Å². The molecule has 1 amide bonds. The highest BCUT2D eigenvalue weighted by atomic mass is 35.5. The summed E-state index contributed by atoms with van der Waals surface area (Å²) in [5, 5.41) is 3.27.